The highest BCUT2D eigenvalue weighted by atomic mass is 15.2. The molecule has 2 aliphatic rings. The van der Waals surface area contributed by atoms with Gasteiger partial charge in [-0.3, -0.25) is 0 Å². The van der Waals surface area contributed by atoms with Crippen molar-refractivity contribution in [3.63, 3.8) is 0 Å². The third-order valence-electron chi connectivity index (χ3n) is 3.93. The minimum atomic E-state index is 0.674. The van der Waals surface area contributed by atoms with Gasteiger partial charge in [0, 0.05) is 24.3 Å². The summed E-state index contributed by atoms with van der Waals surface area (Å²) < 4.78 is 0. The second kappa shape index (κ2) is 4.69. The van der Waals surface area contributed by atoms with Crippen molar-refractivity contribution in [3.05, 3.63) is 29.8 Å². The first-order valence-corrected chi connectivity index (χ1v) is 6.92. The molecule has 0 saturated heterocycles. The van der Waals surface area contributed by atoms with Crippen LogP contribution in [-0.4, -0.2) is 25.2 Å². The summed E-state index contributed by atoms with van der Waals surface area (Å²) in [5.74, 6) is 0. The molecule has 1 atom stereocenters. The third-order valence-corrected chi connectivity index (χ3v) is 3.93. The van der Waals surface area contributed by atoms with Gasteiger partial charge in [0.15, 0.2) is 0 Å². The minimum absolute atomic E-state index is 0.674. The molecule has 1 aliphatic carbocycles. The number of anilines is 1. The van der Waals surface area contributed by atoms with Gasteiger partial charge in [-0.15, -0.1) is 0 Å². The molecule has 1 aromatic rings. The van der Waals surface area contributed by atoms with Crippen LogP contribution in [0.5, 0.6) is 0 Å². The van der Waals surface area contributed by atoms with Crippen molar-refractivity contribution in [2.24, 2.45) is 0 Å². The fourth-order valence-corrected chi connectivity index (χ4v) is 2.81. The first-order chi connectivity index (χ1) is 8.34. The Balaban J connectivity index is 1.54. The molecule has 17 heavy (non-hydrogen) atoms. The monoisotopic (exact) mass is 230 g/mol. The number of nitrogens with zero attached hydrogens (tertiary/aromatic N) is 1. The molecule has 2 heteroatoms. The predicted molar refractivity (Wildman–Crippen MR) is 72.6 cm³/mol. The lowest BCUT2D eigenvalue weighted by molar-refractivity contribution is 0.602. The van der Waals surface area contributed by atoms with E-state index in [2.05, 4.69) is 41.4 Å². The lowest BCUT2D eigenvalue weighted by Crippen LogP contribution is -2.32. The lowest BCUT2D eigenvalue weighted by atomic mass is 10.1. The van der Waals surface area contributed by atoms with Crippen molar-refractivity contribution in [1.82, 2.24) is 5.32 Å². The van der Waals surface area contributed by atoms with Crippen LogP contribution in [0.1, 0.15) is 31.7 Å². The van der Waals surface area contributed by atoms with E-state index in [1.165, 1.54) is 50.0 Å². The summed E-state index contributed by atoms with van der Waals surface area (Å²) in [6.45, 7) is 4.71. The Hall–Kier alpha value is -1.02. The van der Waals surface area contributed by atoms with Gasteiger partial charge in [0.05, 0.1) is 0 Å². The molecule has 0 spiro atoms. The summed E-state index contributed by atoms with van der Waals surface area (Å²) in [6, 6.07) is 10.4. The normalized spacial score (nSPS) is 22.9. The molecule has 0 aromatic heterocycles. The van der Waals surface area contributed by atoms with Gasteiger partial charge in [0.1, 0.15) is 0 Å². The zero-order valence-corrected chi connectivity index (χ0v) is 10.7. The highest BCUT2D eigenvalue weighted by Crippen LogP contribution is 2.31. The van der Waals surface area contributed by atoms with Crippen LogP contribution in [0.15, 0.2) is 24.3 Å². The van der Waals surface area contributed by atoms with E-state index in [4.69, 9.17) is 0 Å². The second-order valence-electron chi connectivity index (χ2n) is 5.46. The fraction of sp³-hybridized carbons (Fsp3) is 0.600. The molecule has 1 heterocycles. The van der Waals surface area contributed by atoms with Gasteiger partial charge in [0.2, 0.25) is 0 Å². The summed E-state index contributed by atoms with van der Waals surface area (Å²) in [5.41, 5.74) is 2.99. The van der Waals surface area contributed by atoms with E-state index >= 15 is 0 Å². The average molecular weight is 230 g/mol. The lowest BCUT2D eigenvalue weighted by Gasteiger charge is -2.24. The zero-order valence-electron chi connectivity index (χ0n) is 10.7. The van der Waals surface area contributed by atoms with Crippen LogP contribution in [0, 0.1) is 0 Å². The van der Waals surface area contributed by atoms with Crippen molar-refractivity contribution < 1.29 is 0 Å². The van der Waals surface area contributed by atoms with Crippen LogP contribution in [0.3, 0.4) is 0 Å². The van der Waals surface area contributed by atoms with Crippen LogP contribution in [0.4, 0.5) is 5.69 Å². The number of hydrogen-bond donors (Lipinski definition) is 1. The van der Waals surface area contributed by atoms with E-state index in [0.717, 1.165) is 6.04 Å². The Labute approximate surface area is 104 Å². The van der Waals surface area contributed by atoms with Crippen molar-refractivity contribution in [1.29, 1.82) is 0 Å². The third kappa shape index (κ3) is 2.47. The number of nitrogens with one attached hydrogen (secondary N) is 1. The summed E-state index contributed by atoms with van der Waals surface area (Å²) >= 11 is 0. The quantitative estimate of drug-likeness (QED) is 0.782. The van der Waals surface area contributed by atoms with Crippen molar-refractivity contribution >= 4 is 5.69 Å². The Bertz CT molecular complexity index is 384. The van der Waals surface area contributed by atoms with Gasteiger partial charge in [-0.25, -0.2) is 0 Å². The van der Waals surface area contributed by atoms with E-state index < -0.39 is 0 Å². The first-order valence-electron chi connectivity index (χ1n) is 6.92. The van der Waals surface area contributed by atoms with Crippen LogP contribution in [-0.2, 0) is 6.42 Å². The molecule has 3 rings (SSSR count). The van der Waals surface area contributed by atoms with Crippen molar-refractivity contribution in [2.75, 3.05) is 18.0 Å². The zero-order chi connectivity index (χ0) is 11.7. The molecule has 1 aliphatic heterocycles. The van der Waals surface area contributed by atoms with Gasteiger partial charge >= 0.3 is 0 Å². The topological polar surface area (TPSA) is 15.3 Å². The Morgan fingerprint density at radius 2 is 2.12 bits per heavy atom. The Kier molecular flexibility index (Phi) is 3.06. The number of para-hydroxylation sites is 1. The summed E-state index contributed by atoms with van der Waals surface area (Å²) in [5, 5.41) is 3.59. The van der Waals surface area contributed by atoms with Crippen LogP contribution >= 0.6 is 0 Å². The average Bonchev–Trinajstić information content (AvgIpc) is 3.09. The predicted octanol–water partition coefficient (Wildman–Crippen LogP) is 2.58. The van der Waals surface area contributed by atoms with Gasteiger partial charge in [-0.05, 0) is 50.8 Å². The maximum Gasteiger partial charge on any atom is 0.0402 e. The van der Waals surface area contributed by atoms with E-state index in [1.807, 2.05) is 0 Å². The van der Waals surface area contributed by atoms with E-state index in [0.29, 0.717) is 6.04 Å². The number of benzene rings is 1. The molecule has 1 N–H and O–H groups in total. The maximum absolute atomic E-state index is 3.59. The van der Waals surface area contributed by atoms with Crippen LogP contribution < -0.4 is 10.2 Å². The molecule has 0 radical (unpaired) electrons. The molecular weight excluding hydrogens is 208 g/mol. The molecule has 1 aromatic carbocycles. The maximum atomic E-state index is 3.59. The Morgan fingerprint density at radius 1 is 1.29 bits per heavy atom. The van der Waals surface area contributed by atoms with Gasteiger partial charge in [-0.2, -0.15) is 0 Å². The molecule has 1 saturated carbocycles. The fourth-order valence-electron chi connectivity index (χ4n) is 2.81. The van der Waals surface area contributed by atoms with Crippen LogP contribution in [0.2, 0.25) is 0 Å². The molecule has 1 fully saturated rings. The van der Waals surface area contributed by atoms with Gasteiger partial charge in [-0.1, -0.05) is 18.2 Å². The van der Waals surface area contributed by atoms with E-state index in [-0.39, 0.29) is 0 Å². The summed E-state index contributed by atoms with van der Waals surface area (Å²) in [4.78, 5) is 2.57. The largest absolute Gasteiger partial charge is 0.368 e. The van der Waals surface area contributed by atoms with E-state index in [1.54, 1.807) is 0 Å². The molecule has 0 amide bonds. The molecule has 92 valence electrons. The first kappa shape index (κ1) is 11.1. The minimum Gasteiger partial charge on any atom is -0.368 e. The summed E-state index contributed by atoms with van der Waals surface area (Å²) in [7, 11) is 0. The van der Waals surface area contributed by atoms with Gasteiger partial charge in [0.25, 0.3) is 0 Å². The molecule has 1 unspecified atom stereocenters. The number of rotatable bonds is 5. The highest BCUT2D eigenvalue weighted by Gasteiger charge is 2.25. The molecular formula is C15H22N2. The van der Waals surface area contributed by atoms with Gasteiger partial charge < -0.3 is 10.2 Å². The molecule has 2 nitrogen and oxygen atoms in total. The smallest absolute Gasteiger partial charge is 0.0402 e. The van der Waals surface area contributed by atoms with Crippen LogP contribution in [0.25, 0.3) is 0 Å². The Morgan fingerprint density at radius 3 is 2.94 bits per heavy atom. The highest BCUT2D eigenvalue weighted by molar-refractivity contribution is 5.59. The van der Waals surface area contributed by atoms with Crippen molar-refractivity contribution in [2.45, 2.75) is 44.7 Å². The summed E-state index contributed by atoms with van der Waals surface area (Å²) in [6.07, 6.45) is 5.26. The number of fused-ring (bicyclic) bond motifs is 1. The second-order valence-corrected chi connectivity index (χ2v) is 5.46. The number of hydrogen-bond acceptors (Lipinski definition) is 2. The SMILES string of the molecule is CC1Cc2ccccc2N1CCCNC1CC1. The van der Waals surface area contributed by atoms with Crippen molar-refractivity contribution in [3.8, 4) is 0 Å². The standard InChI is InChI=1S/C15H22N2/c1-12-11-13-5-2-3-6-15(13)17(12)10-4-9-16-14-7-8-14/h2-3,5-6,12,14,16H,4,7-11H2,1H3. The van der Waals surface area contributed by atoms with E-state index in [9.17, 15) is 0 Å². The molecule has 0 bridgehead atoms.